The molecule has 0 spiro atoms. The average molecular weight is 316 g/mol. The van der Waals surface area contributed by atoms with Gasteiger partial charge in [-0.1, -0.05) is 0 Å². The predicted molar refractivity (Wildman–Crippen MR) is 74.6 cm³/mol. The predicted octanol–water partition coefficient (Wildman–Crippen LogP) is -1.66. The maximum Gasteiger partial charge on any atom is 0.181 e. The number of carbonyl (C=O) groups excluding carboxylic acids is 1. The summed E-state index contributed by atoms with van der Waals surface area (Å²) in [6, 6.07) is 0. The zero-order valence-corrected chi connectivity index (χ0v) is 11.9. The van der Waals surface area contributed by atoms with Crippen molar-refractivity contribution in [2.75, 3.05) is 12.9 Å². The van der Waals surface area contributed by atoms with Gasteiger partial charge in [0.25, 0.3) is 0 Å². The molecule has 0 fully saturated rings. The van der Waals surface area contributed by atoms with Crippen molar-refractivity contribution < 1.29 is 25.2 Å². The minimum Gasteiger partial charge on any atom is -0.394 e. The van der Waals surface area contributed by atoms with Gasteiger partial charge in [0.1, 0.15) is 35.2 Å². The van der Waals surface area contributed by atoms with Gasteiger partial charge < -0.3 is 30.2 Å². The number of carbonyl (C=O) groups is 1. The lowest BCUT2D eigenvalue weighted by Gasteiger charge is -2.16. The first-order valence-electron chi connectivity index (χ1n) is 5.83. The molecule has 0 aromatic carbocycles. The first kappa shape index (κ1) is 17.5. The van der Waals surface area contributed by atoms with Crippen molar-refractivity contribution in [3.63, 3.8) is 0 Å². The molecule has 2 heterocycles. The van der Waals surface area contributed by atoms with Gasteiger partial charge >= 0.3 is 0 Å². The molecule has 0 unspecified atom stereocenters. The number of imidazole rings is 1. The largest absolute Gasteiger partial charge is 0.394 e. The van der Waals surface area contributed by atoms with Crippen LogP contribution in [0.1, 0.15) is 0 Å². The van der Waals surface area contributed by atoms with E-state index in [0.717, 1.165) is 16.2 Å². The summed E-state index contributed by atoms with van der Waals surface area (Å²) in [6.07, 6.45) is 0.491. The fraction of sp³-hybridized carbons (Fsp3) is 0.455. The second kappa shape index (κ2) is 8.64. The van der Waals surface area contributed by atoms with Gasteiger partial charge in [-0.25, -0.2) is 15.0 Å². The van der Waals surface area contributed by atoms with E-state index in [9.17, 15) is 4.79 Å². The Bertz CT molecular complexity index is 566. The quantitative estimate of drug-likeness (QED) is 0.248. The van der Waals surface area contributed by atoms with Crippen LogP contribution >= 0.6 is 11.8 Å². The van der Waals surface area contributed by atoms with E-state index in [1.54, 1.807) is 18.1 Å². The SMILES string of the molecule is CSc1ncnc2nc[nH]c12.O=C[C@H](O)[C@H](O)[C@H](O)CO. The number of hydrogen-bond acceptors (Lipinski definition) is 9. The third-order valence-electron chi connectivity index (χ3n) is 2.45. The Balaban J connectivity index is 0.000000212. The van der Waals surface area contributed by atoms with E-state index in [-0.39, 0.29) is 6.29 Å². The van der Waals surface area contributed by atoms with Crippen LogP contribution < -0.4 is 0 Å². The van der Waals surface area contributed by atoms with Gasteiger partial charge in [0.2, 0.25) is 0 Å². The standard InChI is InChI=1S/C6H6N4S.C5H10O5/c1-11-6-4-5(8-2-7-4)9-3-10-6;6-1-3(8)5(10)4(9)2-7/h2-3H,1H3,(H,7,8,9,10);1,3-5,7-10H,2H2/t;3-,4+,5-/m.0/s1. The summed E-state index contributed by atoms with van der Waals surface area (Å²) in [5.41, 5.74) is 1.64. The molecule has 2 aromatic heterocycles. The Hall–Kier alpha value is -1.59. The molecule has 2 aromatic rings. The summed E-state index contributed by atoms with van der Waals surface area (Å²) < 4.78 is 0. The summed E-state index contributed by atoms with van der Waals surface area (Å²) in [6.45, 7) is -0.688. The second-order valence-corrected chi connectivity index (χ2v) is 4.65. The third kappa shape index (κ3) is 4.72. The van der Waals surface area contributed by atoms with Gasteiger partial charge in [-0.05, 0) is 6.26 Å². The van der Waals surface area contributed by atoms with Crippen molar-refractivity contribution >= 4 is 29.2 Å². The highest BCUT2D eigenvalue weighted by Gasteiger charge is 2.22. The van der Waals surface area contributed by atoms with Crippen LogP contribution in [-0.2, 0) is 4.79 Å². The van der Waals surface area contributed by atoms with Crippen molar-refractivity contribution in [1.29, 1.82) is 0 Å². The van der Waals surface area contributed by atoms with E-state index in [4.69, 9.17) is 20.4 Å². The van der Waals surface area contributed by atoms with Crippen LogP contribution in [0.15, 0.2) is 17.7 Å². The highest BCUT2D eigenvalue weighted by molar-refractivity contribution is 7.98. The summed E-state index contributed by atoms with van der Waals surface area (Å²) in [5, 5.41) is 35.0. The number of aromatic nitrogens is 4. The Morgan fingerprint density at radius 1 is 1.33 bits per heavy atom. The van der Waals surface area contributed by atoms with Crippen LogP contribution in [0, 0.1) is 0 Å². The Kier molecular flexibility index (Phi) is 7.19. The van der Waals surface area contributed by atoms with Crippen LogP contribution in [-0.4, -0.2) is 77.8 Å². The molecule has 0 radical (unpaired) electrons. The van der Waals surface area contributed by atoms with E-state index in [1.807, 2.05) is 6.26 Å². The molecule has 0 amide bonds. The molecule has 0 aliphatic rings. The van der Waals surface area contributed by atoms with Crippen molar-refractivity contribution in [3.8, 4) is 0 Å². The summed E-state index contributed by atoms with van der Waals surface area (Å²) >= 11 is 1.58. The summed E-state index contributed by atoms with van der Waals surface area (Å²) in [5.74, 6) is 0. The lowest BCUT2D eigenvalue weighted by Crippen LogP contribution is -2.40. The number of aliphatic hydroxyl groups is 4. The molecule has 0 aliphatic heterocycles. The zero-order valence-electron chi connectivity index (χ0n) is 11.1. The monoisotopic (exact) mass is 316 g/mol. The third-order valence-corrected chi connectivity index (χ3v) is 3.15. The first-order valence-corrected chi connectivity index (χ1v) is 7.06. The molecule has 0 aliphatic carbocycles. The number of rotatable bonds is 5. The Morgan fingerprint density at radius 2 is 2.05 bits per heavy atom. The Labute approximate surface area is 124 Å². The highest BCUT2D eigenvalue weighted by atomic mass is 32.2. The van der Waals surface area contributed by atoms with Crippen LogP contribution in [0.5, 0.6) is 0 Å². The molecule has 0 saturated carbocycles. The molecule has 3 atom stereocenters. The van der Waals surface area contributed by atoms with E-state index in [0.29, 0.717) is 0 Å². The number of aliphatic hydroxyl groups excluding tert-OH is 4. The molecule has 0 saturated heterocycles. The maximum atomic E-state index is 9.76. The van der Waals surface area contributed by atoms with Crippen LogP contribution in [0.4, 0.5) is 0 Å². The minimum atomic E-state index is -1.64. The molecule has 116 valence electrons. The topological polar surface area (TPSA) is 152 Å². The normalized spacial score (nSPS) is 14.9. The highest BCUT2D eigenvalue weighted by Crippen LogP contribution is 2.18. The van der Waals surface area contributed by atoms with Gasteiger partial charge in [0.05, 0.1) is 12.9 Å². The van der Waals surface area contributed by atoms with E-state index >= 15 is 0 Å². The maximum absolute atomic E-state index is 9.76. The van der Waals surface area contributed by atoms with E-state index in [2.05, 4.69) is 19.9 Å². The number of hydrogen-bond donors (Lipinski definition) is 5. The molecular formula is C11H16N4O5S. The average Bonchev–Trinajstić information content (AvgIpc) is 3.01. The number of fused-ring (bicyclic) bond motifs is 1. The van der Waals surface area contributed by atoms with Crippen molar-refractivity contribution in [2.45, 2.75) is 23.3 Å². The fourth-order valence-electron chi connectivity index (χ4n) is 1.31. The lowest BCUT2D eigenvalue weighted by atomic mass is 10.1. The lowest BCUT2D eigenvalue weighted by molar-refractivity contribution is -0.127. The number of nitrogens with zero attached hydrogens (tertiary/aromatic N) is 3. The molecule has 9 nitrogen and oxygen atoms in total. The number of aromatic amines is 1. The first-order chi connectivity index (χ1) is 10.0. The number of nitrogens with one attached hydrogen (secondary N) is 1. The van der Waals surface area contributed by atoms with E-state index < -0.39 is 24.9 Å². The zero-order chi connectivity index (χ0) is 15.8. The van der Waals surface area contributed by atoms with Crippen molar-refractivity contribution in [1.82, 2.24) is 19.9 Å². The van der Waals surface area contributed by atoms with Gasteiger partial charge in [-0.3, -0.25) is 0 Å². The molecule has 2 rings (SSSR count). The van der Waals surface area contributed by atoms with Crippen LogP contribution in [0.2, 0.25) is 0 Å². The number of thioether (sulfide) groups is 1. The molecular weight excluding hydrogens is 300 g/mol. The molecule has 10 heteroatoms. The minimum absolute atomic E-state index is 0.0869. The fourth-order valence-corrected chi connectivity index (χ4v) is 1.82. The van der Waals surface area contributed by atoms with Gasteiger partial charge in [0, 0.05) is 0 Å². The van der Waals surface area contributed by atoms with Crippen molar-refractivity contribution in [3.05, 3.63) is 12.7 Å². The van der Waals surface area contributed by atoms with Crippen LogP contribution in [0.3, 0.4) is 0 Å². The smallest absolute Gasteiger partial charge is 0.181 e. The number of aldehydes is 1. The van der Waals surface area contributed by atoms with Gasteiger partial charge in [-0.2, -0.15) is 0 Å². The van der Waals surface area contributed by atoms with Gasteiger partial charge in [0.15, 0.2) is 11.9 Å². The number of H-pyrrole nitrogens is 1. The summed E-state index contributed by atoms with van der Waals surface area (Å²) in [4.78, 5) is 24.8. The molecule has 5 N–H and O–H groups in total. The van der Waals surface area contributed by atoms with Gasteiger partial charge in [-0.15, -0.1) is 11.8 Å². The second-order valence-electron chi connectivity index (χ2n) is 3.85. The van der Waals surface area contributed by atoms with E-state index in [1.165, 1.54) is 6.33 Å². The van der Waals surface area contributed by atoms with Crippen molar-refractivity contribution in [2.24, 2.45) is 0 Å². The Morgan fingerprint density at radius 3 is 2.62 bits per heavy atom. The molecule has 21 heavy (non-hydrogen) atoms. The van der Waals surface area contributed by atoms with Crippen LogP contribution in [0.25, 0.3) is 11.2 Å². The summed E-state index contributed by atoms with van der Waals surface area (Å²) in [7, 11) is 0. The molecule has 0 bridgehead atoms.